The van der Waals surface area contributed by atoms with Crippen LogP contribution >= 0.6 is 0 Å². The summed E-state index contributed by atoms with van der Waals surface area (Å²) in [5.41, 5.74) is 5.90. The zero-order valence-electron chi connectivity index (χ0n) is 16.3. The van der Waals surface area contributed by atoms with Gasteiger partial charge in [-0.1, -0.05) is 12.1 Å². The number of likely N-dealkylation sites (N-methyl/N-ethyl adjacent to an activating group) is 1. The molecule has 0 radical (unpaired) electrons. The van der Waals surface area contributed by atoms with E-state index in [2.05, 4.69) is 19.8 Å². The molecule has 0 aliphatic carbocycles. The average Bonchev–Trinajstić information content (AvgIpc) is 2.72. The van der Waals surface area contributed by atoms with Crippen LogP contribution in [0.2, 0.25) is 0 Å². The molecule has 0 bridgehead atoms. The van der Waals surface area contributed by atoms with Gasteiger partial charge in [0.2, 0.25) is 5.91 Å². The number of hydrogen-bond acceptors (Lipinski definition) is 5. The number of nitrogens with zero attached hydrogens (tertiary/aromatic N) is 4. The van der Waals surface area contributed by atoms with Gasteiger partial charge in [-0.05, 0) is 36.9 Å². The van der Waals surface area contributed by atoms with Crippen LogP contribution in [0.5, 0.6) is 0 Å². The lowest BCUT2D eigenvalue weighted by Crippen LogP contribution is -2.44. The molecule has 30 heavy (non-hydrogen) atoms. The molecular formula is C21H20F3N5O. The fraction of sp³-hybridized carbons (Fsp3) is 0.286. The second-order valence-electron chi connectivity index (χ2n) is 7.35. The van der Waals surface area contributed by atoms with Crippen molar-refractivity contribution in [1.29, 1.82) is 0 Å². The quantitative estimate of drug-likeness (QED) is 0.711. The van der Waals surface area contributed by atoms with Crippen molar-refractivity contribution in [3.63, 3.8) is 0 Å². The molecule has 1 aliphatic rings. The molecule has 1 amide bonds. The number of nitrogens with two attached hydrogens (primary N) is 1. The number of primary amides is 1. The second kappa shape index (κ2) is 7.56. The predicted octanol–water partition coefficient (Wildman–Crippen LogP) is 3.17. The molecule has 3 aromatic rings. The Morgan fingerprint density at radius 1 is 1.10 bits per heavy atom. The molecular weight excluding hydrogens is 395 g/mol. The minimum atomic E-state index is -4.54. The van der Waals surface area contributed by atoms with E-state index in [9.17, 15) is 18.0 Å². The second-order valence-corrected chi connectivity index (χ2v) is 7.35. The zero-order chi connectivity index (χ0) is 21.5. The molecule has 1 aromatic heterocycles. The molecule has 1 saturated heterocycles. The van der Waals surface area contributed by atoms with Crippen molar-refractivity contribution in [1.82, 2.24) is 14.9 Å². The van der Waals surface area contributed by atoms with Gasteiger partial charge in [0.15, 0.2) is 0 Å². The lowest BCUT2D eigenvalue weighted by Gasteiger charge is -2.33. The number of fused-ring (bicyclic) bond motifs is 1. The van der Waals surface area contributed by atoms with Crippen LogP contribution in [-0.4, -0.2) is 54.0 Å². The number of benzene rings is 2. The molecule has 2 N–H and O–H groups in total. The van der Waals surface area contributed by atoms with Crippen molar-refractivity contribution < 1.29 is 18.0 Å². The van der Waals surface area contributed by atoms with Gasteiger partial charge >= 0.3 is 6.18 Å². The van der Waals surface area contributed by atoms with Crippen molar-refractivity contribution in [3.8, 4) is 11.1 Å². The number of alkyl halides is 3. The summed E-state index contributed by atoms with van der Waals surface area (Å²) in [6.45, 7) is 3.23. The monoisotopic (exact) mass is 415 g/mol. The van der Waals surface area contributed by atoms with Gasteiger partial charge < -0.3 is 15.5 Å². The Bertz CT molecular complexity index is 1110. The minimum Gasteiger partial charge on any atom is -0.366 e. The average molecular weight is 415 g/mol. The Morgan fingerprint density at radius 2 is 1.83 bits per heavy atom. The van der Waals surface area contributed by atoms with Crippen LogP contribution in [0, 0.1) is 0 Å². The Labute approximate surface area is 171 Å². The van der Waals surface area contributed by atoms with Crippen molar-refractivity contribution in [2.45, 2.75) is 6.18 Å². The topological polar surface area (TPSA) is 75.3 Å². The van der Waals surface area contributed by atoms with Crippen LogP contribution in [0.25, 0.3) is 22.2 Å². The SMILES string of the molecule is CN1CCN(c2cnc3cc(C(F)(F)F)cc(-c4cccc(C(N)=O)c4)c3n2)CC1. The predicted molar refractivity (Wildman–Crippen MR) is 108 cm³/mol. The normalized spacial score (nSPS) is 15.5. The summed E-state index contributed by atoms with van der Waals surface area (Å²) in [7, 11) is 2.03. The summed E-state index contributed by atoms with van der Waals surface area (Å²) in [5.74, 6) is -0.0417. The van der Waals surface area contributed by atoms with E-state index in [-0.39, 0.29) is 16.6 Å². The molecule has 2 heterocycles. The molecule has 6 nitrogen and oxygen atoms in total. The van der Waals surface area contributed by atoms with Crippen molar-refractivity contribution in [3.05, 3.63) is 53.7 Å². The summed E-state index contributed by atoms with van der Waals surface area (Å²) in [6.07, 6.45) is -3.03. The van der Waals surface area contributed by atoms with E-state index in [0.717, 1.165) is 38.3 Å². The molecule has 0 spiro atoms. The number of halogens is 3. The molecule has 1 fully saturated rings. The van der Waals surface area contributed by atoms with Gasteiger partial charge in [0.25, 0.3) is 0 Å². The Morgan fingerprint density at radius 3 is 2.50 bits per heavy atom. The molecule has 0 saturated carbocycles. The smallest absolute Gasteiger partial charge is 0.366 e. The van der Waals surface area contributed by atoms with Gasteiger partial charge in [0, 0.05) is 37.3 Å². The highest BCUT2D eigenvalue weighted by Crippen LogP contribution is 2.37. The highest BCUT2D eigenvalue weighted by Gasteiger charge is 2.32. The maximum Gasteiger partial charge on any atom is 0.416 e. The lowest BCUT2D eigenvalue weighted by atomic mass is 9.98. The molecule has 1 aliphatic heterocycles. The van der Waals surface area contributed by atoms with Gasteiger partial charge in [-0.3, -0.25) is 9.78 Å². The maximum atomic E-state index is 13.5. The molecule has 156 valence electrons. The molecule has 0 atom stereocenters. The first kappa shape index (κ1) is 20.1. The van der Waals surface area contributed by atoms with Crippen LogP contribution in [0.15, 0.2) is 42.6 Å². The van der Waals surface area contributed by atoms with Gasteiger partial charge in [0.1, 0.15) is 5.82 Å². The molecule has 4 rings (SSSR count). The van der Waals surface area contributed by atoms with Crippen LogP contribution < -0.4 is 10.6 Å². The van der Waals surface area contributed by atoms with E-state index in [0.29, 0.717) is 16.9 Å². The summed E-state index contributed by atoms with van der Waals surface area (Å²) in [6, 6.07) is 8.25. The minimum absolute atomic E-state index is 0.141. The number of piperazine rings is 1. The van der Waals surface area contributed by atoms with Gasteiger partial charge in [-0.15, -0.1) is 0 Å². The summed E-state index contributed by atoms with van der Waals surface area (Å²) < 4.78 is 40.5. The fourth-order valence-electron chi connectivity index (χ4n) is 3.52. The molecule has 9 heteroatoms. The summed E-state index contributed by atoms with van der Waals surface area (Å²) in [5, 5.41) is 0. The van der Waals surface area contributed by atoms with Crippen LogP contribution in [0.4, 0.5) is 19.0 Å². The van der Waals surface area contributed by atoms with Crippen LogP contribution in [0.3, 0.4) is 0 Å². The Hall–Kier alpha value is -3.20. The standard InChI is InChI=1S/C21H20F3N5O/c1-28-5-7-29(8-6-28)18-12-26-17-11-15(21(22,23)24)10-16(19(17)27-18)13-3-2-4-14(9-13)20(25)30/h2-4,9-12H,5-8H2,1H3,(H2,25,30). The van der Waals surface area contributed by atoms with E-state index in [1.807, 2.05) is 7.05 Å². The van der Waals surface area contributed by atoms with Crippen LogP contribution in [0.1, 0.15) is 15.9 Å². The van der Waals surface area contributed by atoms with Crippen molar-refractivity contribution in [2.75, 3.05) is 38.1 Å². The number of amides is 1. The lowest BCUT2D eigenvalue weighted by molar-refractivity contribution is -0.137. The number of carbonyl (C=O) groups excluding carboxylic acids is 1. The van der Waals surface area contributed by atoms with Gasteiger partial charge in [-0.25, -0.2) is 4.98 Å². The number of aromatic nitrogens is 2. The third-order valence-corrected chi connectivity index (χ3v) is 5.25. The Balaban J connectivity index is 1.89. The highest BCUT2D eigenvalue weighted by molar-refractivity contribution is 5.97. The molecule has 0 unspecified atom stereocenters. The first-order chi connectivity index (χ1) is 14.2. The third-order valence-electron chi connectivity index (χ3n) is 5.25. The van der Waals surface area contributed by atoms with Gasteiger partial charge in [0.05, 0.1) is 22.8 Å². The number of hydrogen-bond donors (Lipinski definition) is 1. The fourth-order valence-corrected chi connectivity index (χ4v) is 3.52. The largest absolute Gasteiger partial charge is 0.416 e. The van der Waals surface area contributed by atoms with Crippen molar-refractivity contribution >= 4 is 22.8 Å². The van der Waals surface area contributed by atoms with E-state index in [1.165, 1.54) is 18.3 Å². The molecule has 2 aromatic carbocycles. The zero-order valence-corrected chi connectivity index (χ0v) is 16.3. The summed E-state index contributed by atoms with van der Waals surface area (Å²) >= 11 is 0. The third kappa shape index (κ3) is 3.93. The number of carbonyl (C=O) groups is 1. The highest BCUT2D eigenvalue weighted by atomic mass is 19.4. The number of anilines is 1. The van der Waals surface area contributed by atoms with E-state index >= 15 is 0 Å². The van der Waals surface area contributed by atoms with Crippen LogP contribution in [-0.2, 0) is 6.18 Å². The first-order valence-corrected chi connectivity index (χ1v) is 9.44. The van der Waals surface area contributed by atoms with E-state index in [1.54, 1.807) is 12.1 Å². The number of rotatable bonds is 3. The summed E-state index contributed by atoms with van der Waals surface area (Å²) in [4.78, 5) is 24.8. The maximum absolute atomic E-state index is 13.5. The van der Waals surface area contributed by atoms with E-state index < -0.39 is 17.6 Å². The van der Waals surface area contributed by atoms with Gasteiger partial charge in [-0.2, -0.15) is 13.2 Å². The van der Waals surface area contributed by atoms with Crippen molar-refractivity contribution in [2.24, 2.45) is 5.73 Å². The first-order valence-electron chi connectivity index (χ1n) is 9.44. The van der Waals surface area contributed by atoms with E-state index in [4.69, 9.17) is 5.73 Å². The Kier molecular flexibility index (Phi) is 5.07.